The molecule has 0 amide bonds. The fourth-order valence-corrected chi connectivity index (χ4v) is 6.79. The van der Waals surface area contributed by atoms with E-state index in [1.54, 1.807) is 0 Å². The average Bonchev–Trinajstić information content (AvgIpc) is 2.62. The Bertz CT molecular complexity index is 804. The number of rotatable bonds is 6. The lowest BCUT2D eigenvalue weighted by Crippen LogP contribution is -2.40. The number of benzene rings is 2. The van der Waals surface area contributed by atoms with Crippen molar-refractivity contribution >= 4 is 26.5 Å². The first-order valence-electron chi connectivity index (χ1n) is 9.91. The molecule has 2 rings (SSSR count). The summed E-state index contributed by atoms with van der Waals surface area (Å²) < 4.78 is 0. The molecule has 27 heavy (non-hydrogen) atoms. The maximum absolute atomic E-state index is 3.64. The van der Waals surface area contributed by atoms with Gasteiger partial charge in [-0.1, -0.05) is 118 Å². The zero-order chi connectivity index (χ0) is 20.0. The number of allylic oxidation sites excluding steroid dienone is 1. The smallest absolute Gasteiger partial charge is 0.126 e. The third kappa shape index (κ3) is 6.68. The normalized spacial score (nSPS) is 12.7. The first-order chi connectivity index (χ1) is 12.6. The van der Waals surface area contributed by atoms with Gasteiger partial charge in [0, 0.05) is 6.42 Å². The molecule has 142 valence electrons. The Morgan fingerprint density at radius 1 is 0.815 bits per heavy atom. The van der Waals surface area contributed by atoms with Gasteiger partial charge >= 0.3 is 0 Å². The maximum Gasteiger partial charge on any atom is 0.162 e. The van der Waals surface area contributed by atoms with E-state index in [-0.39, 0.29) is 5.41 Å². The quantitative estimate of drug-likeness (QED) is 0.441. The highest BCUT2D eigenvalue weighted by atomic mass is 28.3. The molecule has 0 spiro atoms. The molecule has 0 aromatic heterocycles. The number of hydrogen-bond donors (Lipinski definition) is 0. The first kappa shape index (κ1) is 21.5. The lowest BCUT2D eigenvalue weighted by Gasteiger charge is -2.22. The molecule has 0 aliphatic heterocycles. The molecule has 2 heteroatoms. The van der Waals surface area contributed by atoms with E-state index in [1.165, 1.54) is 10.4 Å². The van der Waals surface area contributed by atoms with Crippen molar-refractivity contribution in [2.75, 3.05) is 0 Å². The van der Waals surface area contributed by atoms with Gasteiger partial charge in [0.1, 0.15) is 8.07 Å². The van der Waals surface area contributed by atoms with Crippen LogP contribution in [0.3, 0.4) is 0 Å². The van der Waals surface area contributed by atoms with Crippen LogP contribution in [0.4, 0.5) is 0 Å². The Labute approximate surface area is 168 Å². The summed E-state index contributed by atoms with van der Waals surface area (Å²) in [7, 11) is -3.15. The van der Waals surface area contributed by atoms with Crippen LogP contribution in [0.15, 0.2) is 72.4 Å². The Morgan fingerprint density at radius 3 is 1.89 bits per heavy atom. The fourth-order valence-electron chi connectivity index (χ4n) is 3.14. The van der Waals surface area contributed by atoms with Gasteiger partial charge in [0.25, 0.3) is 0 Å². The SMILES string of the molecule is CC(C)(CC#C[Si](C)(C)c1ccccc1)C/C=C/[Si](C)(C)c1ccccc1. The lowest BCUT2D eigenvalue weighted by molar-refractivity contribution is 0.383. The fraction of sp³-hybridized carbons (Fsp3) is 0.360. The topological polar surface area (TPSA) is 0 Å². The molecule has 2 aromatic carbocycles. The Kier molecular flexibility index (Phi) is 7.09. The standard InChI is InChI=1S/C25H34Si2/c1-25(2,19-13-21-26(3,4)23-15-9-7-10-16-23)20-14-22-27(5,6)24-17-11-8-12-18-24/h7-13,15-18,21H,19-20H2,1-6H3/b21-13+. The van der Waals surface area contributed by atoms with E-state index in [2.05, 4.69) is 124 Å². The van der Waals surface area contributed by atoms with Crippen LogP contribution in [0.2, 0.25) is 26.2 Å². The summed E-state index contributed by atoms with van der Waals surface area (Å²) in [5.41, 5.74) is 6.34. The van der Waals surface area contributed by atoms with Crippen molar-refractivity contribution in [2.24, 2.45) is 5.41 Å². The molecule has 0 aliphatic carbocycles. The molecule has 0 heterocycles. The van der Waals surface area contributed by atoms with Crippen LogP contribution in [0.5, 0.6) is 0 Å². The minimum atomic E-state index is -1.66. The molecule has 0 fully saturated rings. The zero-order valence-electron chi connectivity index (χ0n) is 17.8. The van der Waals surface area contributed by atoms with E-state index < -0.39 is 16.1 Å². The van der Waals surface area contributed by atoms with Gasteiger partial charge in [-0.25, -0.2) is 0 Å². The van der Waals surface area contributed by atoms with Crippen LogP contribution in [0.1, 0.15) is 26.7 Å². The van der Waals surface area contributed by atoms with Crippen molar-refractivity contribution in [1.82, 2.24) is 0 Å². The van der Waals surface area contributed by atoms with E-state index in [9.17, 15) is 0 Å². The summed E-state index contributed by atoms with van der Waals surface area (Å²) in [6.07, 6.45) is 4.44. The van der Waals surface area contributed by atoms with Crippen molar-refractivity contribution in [3.8, 4) is 11.5 Å². The predicted molar refractivity (Wildman–Crippen MR) is 127 cm³/mol. The highest BCUT2D eigenvalue weighted by Gasteiger charge is 2.22. The summed E-state index contributed by atoms with van der Waals surface area (Å²) in [5, 5.41) is 2.92. The van der Waals surface area contributed by atoms with Crippen LogP contribution in [0, 0.1) is 16.9 Å². The van der Waals surface area contributed by atoms with E-state index in [0.717, 1.165) is 12.8 Å². The molecule has 0 N–H and O–H groups in total. The third-order valence-electron chi connectivity index (χ3n) is 5.19. The van der Waals surface area contributed by atoms with Crippen LogP contribution >= 0.6 is 0 Å². The van der Waals surface area contributed by atoms with Gasteiger partial charge in [0.15, 0.2) is 8.07 Å². The molecule has 0 nitrogen and oxygen atoms in total. The second-order valence-corrected chi connectivity index (χ2v) is 17.8. The highest BCUT2D eigenvalue weighted by Crippen LogP contribution is 2.25. The summed E-state index contributed by atoms with van der Waals surface area (Å²) in [4.78, 5) is 0. The first-order valence-corrected chi connectivity index (χ1v) is 16.0. The van der Waals surface area contributed by atoms with Crippen LogP contribution in [-0.4, -0.2) is 16.1 Å². The van der Waals surface area contributed by atoms with Crippen molar-refractivity contribution < 1.29 is 0 Å². The summed E-state index contributed by atoms with van der Waals surface area (Å²) in [6, 6.07) is 21.7. The molecule has 0 aliphatic rings. The van der Waals surface area contributed by atoms with Crippen LogP contribution in [0.25, 0.3) is 0 Å². The second-order valence-electron chi connectivity index (χ2n) is 9.33. The van der Waals surface area contributed by atoms with Crippen LogP contribution in [-0.2, 0) is 0 Å². The molecular weight excluding hydrogens is 356 g/mol. The minimum absolute atomic E-state index is 0.214. The minimum Gasteiger partial charge on any atom is -0.126 e. The van der Waals surface area contributed by atoms with E-state index in [1.807, 2.05) is 0 Å². The zero-order valence-corrected chi connectivity index (χ0v) is 19.8. The summed E-state index contributed by atoms with van der Waals surface area (Å²) >= 11 is 0. The average molecular weight is 391 g/mol. The Morgan fingerprint density at radius 2 is 1.33 bits per heavy atom. The predicted octanol–water partition coefficient (Wildman–Crippen LogP) is 5.66. The molecule has 0 atom stereocenters. The van der Waals surface area contributed by atoms with Gasteiger partial charge in [-0.05, 0) is 17.0 Å². The maximum atomic E-state index is 3.64. The summed E-state index contributed by atoms with van der Waals surface area (Å²) in [5.74, 6) is 3.53. The van der Waals surface area contributed by atoms with Gasteiger partial charge in [-0.2, -0.15) is 0 Å². The second kappa shape index (κ2) is 8.91. The van der Waals surface area contributed by atoms with E-state index in [0.29, 0.717) is 0 Å². The monoisotopic (exact) mass is 390 g/mol. The van der Waals surface area contributed by atoms with Crippen molar-refractivity contribution in [2.45, 2.75) is 52.9 Å². The van der Waals surface area contributed by atoms with Gasteiger partial charge < -0.3 is 0 Å². The van der Waals surface area contributed by atoms with E-state index in [4.69, 9.17) is 0 Å². The van der Waals surface area contributed by atoms with Crippen molar-refractivity contribution in [3.05, 3.63) is 72.4 Å². The lowest BCUT2D eigenvalue weighted by atomic mass is 9.86. The third-order valence-corrected chi connectivity index (χ3v) is 10.7. The molecule has 0 radical (unpaired) electrons. The van der Waals surface area contributed by atoms with E-state index >= 15 is 0 Å². The van der Waals surface area contributed by atoms with Gasteiger partial charge in [-0.3, -0.25) is 0 Å². The van der Waals surface area contributed by atoms with Gasteiger partial charge in [-0.15, -0.1) is 11.5 Å². The van der Waals surface area contributed by atoms with Crippen LogP contribution < -0.4 is 10.4 Å². The summed E-state index contributed by atoms with van der Waals surface area (Å²) in [6.45, 7) is 14.2. The van der Waals surface area contributed by atoms with Crippen molar-refractivity contribution in [1.29, 1.82) is 0 Å². The molecule has 0 saturated carbocycles. The molecule has 0 saturated heterocycles. The molecule has 0 bridgehead atoms. The molecule has 2 aromatic rings. The van der Waals surface area contributed by atoms with Gasteiger partial charge in [0.2, 0.25) is 0 Å². The molecular formula is C25H34Si2. The Hall–Kier alpha value is -1.83. The van der Waals surface area contributed by atoms with Gasteiger partial charge in [0.05, 0.1) is 0 Å². The van der Waals surface area contributed by atoms with Crippen molar-refractivity contribution in [3.63, 3.8) is 0 Å². The molecule has 0 unspecified atom stereocenters. The number of hydrogen-bond acceptors (Lipinski definition) is 0. The largest absolute Gasteiger partial charge is 0.162 e. The highest BCUT2D eigenvalue weighted by molar-refractivity contribution is 6.96. The Balaban J connectivity index is 1.98.